The number of nitrogens with zero attached hydrogens (tertiary/aromatic N) is 1. The molecule has 0 saturated heterocycles. The molecule has 0 aliphatic carbocycles. The molecule has 0 radical (unpaired) electrons. The molecule has 1 aromatic carbocycles. The molecule has 0 bridgehead atoms. The van der Waals surface area contributed by atoms with Crippen LogP contribution in [0.5, 0.6) is 0 Å². The number of nitro groups is 1. The van der Waals surface area contributed by atoms with E-state index in [1.807, 2.05) is 0 Å². The van der Waals surface area contributed by atoms with Gasteiger partial charge < -0.3 is 10.4 Å². The van der Waals surface area contributed by atoms with E-state index in [-0.39, 0.29) is 5.69 Å². The number of aliphatic hydroxyl groups excluding tert-OH is 1. The Hall–Kier alpha value is -1.46. The van der Waals surface area contributed by atoms with E-state index in [0.29, 0.717) is 18.7 Å². The molecule has 0 fully saturated rings. The number of aliphatic hydroxyl groups is 1. The molecule has 5 heteroatoms. The van der Waals surface area contributed by atoms with Gasteiger partial charge in [0.05, 0.1) is 11.0 Å². The molecular weight excluding hydrogens is 196 g/mol. The molecule has 0 aliphatic heterocycles. The Balaban J connectivity index is 2.63. The normalized spacial score (nSPS) is 12.4. The van der Waals surface area contributed by atoms with Gasteiger partial charge in [0.1, 0.15) is 0 Å². The minimum Gasteiger partial charge on any atom is -0.392 e. The van der Waals surface area contributed by atoms with Gasteiger partial charge in [0.2, 0.25) is 0 Å². The summed E-state index contributed by atoms with van der Waals surface area (Å²) in [4.78, 5) is 10.2. The predicted octanol–water partition coefficient (Wildman–Crippen LogP) is 1.07. The number of hydrogen-bond acceptors (Lipinski definition) is 4. The highest BCUT2D eigenvalue weighted by Gasteiger charge is 2.11. The third kappa shape index (κ3) is 3.65. The molecule has 1 aromatic rings. The van der Waals surface area contributed by atoms with Crippen molar-refractivity contribution in [2.24, 2.45) is 0 Å². The van der Waals surface area contributed by atoms with Crippen molar-refractivity contribution in [1.82, 2.24) is 5.32 Å². The molecule has 0 heterocycles. The summed E-state index contributed by atoms with van der Waals surface area (Å²) < 4.78 is 0. The van der Waals surface area contributed by atoms with Crippen LogP contribution in [0.4, 0.5) is 5.69 Å². The third-order valence-corrected chi connectivity index (χ3v) is 1.94. The molecule has 82 valence electrons. The number of nitrogens with one attached hydrogen (secondary N) is 1. The first-order chi connectivity index (χ1) is 7.11. The first-order valence-corrected chi connectivity index (χ1v) is 4.72. The van der Waals surface area contributed by atoms with E-state index in [0.717, 1.165) is 0 Å². The lowest BCUT2D eigenvalue weighted by Crippen LogP contribution is -2.24. The molecule has 1 unspecified atom stereocenters. The van der Waals surface area contributed by atoms with Crippen LogP contribution in [0.1, 0.15) is 12.5 Å². The van der Waals surface area contributed by atoms with Gasteiger partial charge in [-0.1, -0.05) is 18.2 Å². The Bertz CT molecular complexity index is 339. The first kappa shape index (κ1) is 11.6. The minimum absolute atomic E-state index is 0.107. The lowest BCUT2D eigenvalue weighted by atomic mass is 10.2. The summed E-state index contributed by atoms with van der Waals surface area (Å²) in [6.07, 6.45) is -0.451. The zero-order valence-electron chi connectivity index (χ0n) is 8.51. The second-order valence-corrected chi connectivity index (χ2v) is 3.37. The van der Waals surface area contributed by atoms with Crippen molar-refractivity contribution in [2.45, 2.75) is 19.6 Å². The van der Waals surface area contributed by atoms with Crippen molar-refractivity contribution in [1.29, 1.82) is 0 Å². The molecule has 0 saturated carbocycles. The van der Waals surface area contributed by atoms with Crippen LogP contribution in [-0.2, 0) is 6.54 Å². The fourth-order valence-electron chi connectivity index (χ4n) is 1.25. The summed E-state index contributed by atoms with van der Waals surface area (Å²) in [5.74, 6) is 0. The summed E-state index contributed by atoms with van der Waals surface area (Å²) in [5, 5.41) is 22.6. The summed E-state index contributed by atoms with van der Waals surface area (Å²) in [5.41, 5.74) is 0.735. The number of rotatable bonds is 5. The van der Waals surface area contributed by atoms with Gasteiger partial charge in [0.15, 0.2) is 0 Å². The summed E-state index contributed by atoms with van der Waals surface area (Å²) in [6.45, 7) is 2.47. The van der Waals surface area contributed by atoms with E-state index >= 15 is 0 Å². The van der Waals surface area contributed by atoms with Crippen molar-refractivity contribution in [3.63, 3.8) is 0 Å². The quantitative estimate of drug-likeness (QED) is 0.563. The molecule has 0 aliphatic rings. The smallest absolute Gasteiger partial charge is 0.273 e. The maximum atomic E-state index is 10.6. The second-order valence-electron chi connectivity index (χ2n) is 3.37. The molecule has 0 amide bonds. The monoisotopic (exact) mass is 210 g/mol. The topological polar surface area (TPSA) is 75.4 Å². The van der Waals surface area contributed by atoms with Gasteiger partial charge in [-0.05, 0) is 6.92 Å². The first-order valence-electron chi connectivity index (χ1n) is 4.72. The fourth-order valence-corrected chi connectivity index (χ4v) is 1.25. The molecule has 5 nitrogen and oxygen atoms in total. The predicted molar refractivity (Wildman–Crippen MR) is 56.5 cm³/mol. The van der Waals surface area contributed by atoms with E-state index in [1.54, 1.807) is 25.1 Å². The van der Waals surface area contributed by atoms with E-state index < -0.39 is 11.0 Å². The van der Waals surface area contributed by atoms with Gasteiger partial charge in [0.25, 0.3) is 5.69 Å². The summed E-state index contributed by atoms with van der Waals surface area (Å²) in [7, 11) is 0. The van der Waals surface area contributed by atoms with Crippen LogP contribution in [0.25, 0.3) is 0 Å². The van der Waals surface area contributed by atoms with Crippen LogP contribution in [0.2, 0.25) is 0 Å². The molecule has 2 N–H and O–H groups in total. The van der Waals surface area contributed by atoms with Gasteiger partial charge in [-0.2, -0.15) is 0 Å². The molecular formula is C10H14N2O3. The molecule has 1 atom stereocenters. The third-order valence-electron chi connectivity index (χ3n) is 1.94. The van der Waals surface area contributed by atoms with Gasteiger partial charge in [-0.25, -0.2) is 0 Å². The molecule has 1 rings (SSSR count). The SMILES string of the molecule is CC(O)CNCc1ccccc1[N+](=O)[O-]. The highest BCUT2D eigenvalue weighted by Crippen LogP contribution is 2.16. The Kier molecular flexibility index (Phi) is 4.20. The Morgan fingerprint density at radius 2 is 2.20 bits per heavy atom. The van der Waals surface area contributed by atoms with Crippen molar-refractivity contribution in [3.05, 3.63) is 39.9 Å². The Morgan fingerprint density at radius 1 is 1.53 bits per heavy atom. The van der Waals surface area contributed by atoms with Gasteiger partial charge >= 0.3 is 0 Å². The maximum absolute atomic E-state index is 10.6. The highest BCUT2D eigenvalue weighted by molar-refractivity contribution is 5.39. The zero-order chi connectivity index (χ0) is 11.3. The van der Waals surface area contributed by atoms with Crippen molar-refractivity contribution < 1.29 is 10.0 Å². The van der Waals surface area contributed by atoms with Crippen molar-refractivity contribution in [3.8, 4) is 0 Å². The van der Waals surface area contributed by atoms with Crippen molar-refractivity contribution in [2.75, 3.05) is 6.54 Å². The largest absolute Gasteiger partial charge is 0.392 e. The van der Waals surface area contributed by atoms with E-state index in [2.05, 4.69) is 5.32 Å². The number of benzene rings is 1. The van der Waals surface area contributed by atoms with Gasteiger partial charge in [-0.3, -0.25) is 10.1 Å². The van der Waals surface area contributed by atoms with Crippen LogP contribution < -0.4 is 5.32 Å². The zero-order valence-corrected chi connectivity index (χ0v) is 8.51. The number of para-hydroxylation sites is 1. The molecule has 15 heavy (non-hydrogen) atoms. The van der Waals surface area contributed by atoms with Crippen LogP contribution in [0.3, 0.4) is 0 Å². The molecule has 0 aromatic heterocycles. The highest BCUT2D eigenvalue weighted by atomic mass is 16.6. The standard InChI is InChI=1S/C10H14N2O3/c1-8(13)6-11-7-9-4-2-3-5-10(9)12(14)15/h2-5,8,11,13H,6-7H2,1H3. The number of hydrogen-bond donors (Lipinski definition) is 2. The number of nitro benzene ring substituents is 1. The van der Waals surface area contributed by atoms with Crippen LogP contribution >= 0.6 is 0 Å². The summed E-state index contributed by atoms with van der Waals surface area (Å²) >= 11 is 0. The van der Waals surface area contributed by atoms with Gasteiger partial charge in [0, 0.05) is 24.7 Å². The molecule has 0 spiro atoms. The average Bonchev–Trinajstić information content (AvgIpc) is 2.17. The lowest BCUT2D eigenvalue weighted by Gasteiger charge is -2.06. The lowest BCUT2D eigenvalue weighted by molar-refractivity contribution is -0.385. The van der Waals surface area contributed by atoms with Crippen LogP contribution in [0, 0.1) is 10.1 Å². The second kappa shape index (κ2) is 5.43. The maximum Gasteiger partial charge on any atom is 0.273 e. The Morgan fingerprint density at radius 3 is 2.80 bits per heavy atom. The summed E-state index contributed by atoms with van der Waals surface area (Å²) in [6, 6.07) is 6.56. The fraction of sp³-hybridized carbons (Fsp3) is 0.400. The van der Waals surface area contributed by atoms with Crippen LogP contribution in [-0.4, -0.2) is 22.7 Å². The van der Waals surface area contributed by atoms with Crippen LogP contribution in [0.15, 0.2) is 24.3 Å². The Labute approximate surface area is 87.9 Å². The van der Waals surface area contributed by atoms with E-state index in [4.69, 9.17) is 5.11 Å². The van der Waals surface area contributed by atoms with Gasteiger partial charge in [-0.15, -0.1) is 0 Å². The van der Waals surface area contributed by atoms with Crippen molar-refractivity contribution >= 4 is 5.69 Å². The average molecular weight is 210 g/mol. The minimum atomic E-state index is -0.451. The van der Waals surface area contributed by atoms with E-state index in [9.17, 15) is 10.1 Å². The van der Waals surface area contributed by atoms with E-state index in [1.165, 1.54) is 6.07 Å².